The van der Waals surface area contributed by atoms with Crippen LogP contribution in [0, 0.1) is 13.8 Å². The predicted molar refractivity (Wildman–Crippen MR) is 76.8 cm³/mol. The number of carboxylic acids is 1. The van der Waals surface area contributed by atoms with Crippen molar-refractivity contribution in [1.82, 2.24) is 0 Å². The van der Waals surface area contributed by atoms with Crippen molar-refractivity contribution in [2.75, 3.05) is 14.2 Å². The van der Waals surface area contributed by atoms with Crippen LogP contribution in [-0.2, 0) is 10.2 Å². The quantitative estimate of drug-likeness (QED) is 0.918. The van der Waals surface area contributed by atoms with Crippen LogP contribution in [0.25, 0.3) is 0 Å². The fourth-order valence-corrected chi connectivity index (χ4v) is 3.44. The third kappa shape index (κ3) is 2.03. The van der Waals surface area contributed by atoms with E-state index in [0.717, 1.165) is 29.5 Å². The molecule has 4 heteroatoms. The van der Waals surface area contributed by atoms with Gasteiger partial charge in [-0.15, -0.1) is 0 Å². The smallest absolute Gasteiger partial charge is 0.314 e. The number of benzene rings is 1. The Hall–Kier alpha value is -1.71. The Morgan fingerprint density at radius 1 is 1.15 bits per heavy atom. The standard InChI is InChI=1S/C16H22O4/c1-10-9-12(11(2)14(20-4)13(10)19-3)16(15(17)18)7-5-6-8-16/h9H,5-8H2,1-4H3,(H,17,18). The van der Waals surface area contributed by atoms with Gasteiger partial charge in [0.25, 0.3) is 0 Å². The Morgan fingerprint density at radius 3 is 2.15 bits per heavy atom. The van der Waals surface area contributed by atoms with Crippen LogP contribution in [0.2, 0.25) is 0 Å². The number of carbonyl (C=O) groups is 1. The molecule has 0 aromatic heterocycles. The molecular weight excluding hydrogens is 256 g/mol. The molecule has 1 aliphatic carbocycles. The van der Waals surface area contributed by atoms with Crippen molar-refractivity contribution in [2.24, 2.45) is 0 Å². The Kier molecular flexibility index (Phi) is 3.93. The van der Waals surface area contributed by atoms with E-state index in [9.17, 15) is 9.90 Å². The predicted octanol–water partition coefficient (Wildman–Crippen LogP) is 3.22. The van der Waals surface area contributed by atoms with Crippen LogP contribution in [0.3, 0.4) is 0 Å². The number of hydrogen-bond acceptors (Lipinski definition) is 3. The maximum Gasteiger partial charge on any atom is 0.314 e. The molecule has 0 spiro atoms. The minimum atomic E-state index is -0.769. The maximum absolute atomic E-state index is 11.9. The summed E-state index contributed by atoms with van der Waals surface area (Å²) in [6.07, 6.45) is 3.30. The Labute approximate surface area is 119 Å². The van der Waals surface area contributed by atoms with Crippen molar-refractivity contribution in [3.05, 3.63) is 22.8 Å². The topological polar surface area (TPSA) is 55.8 Å². The lowest BCUT2D eigenvalue weighted by atomic mass is 9.76. The van der Waals surface area contributed by atoms with Gasteiger partial charge in [-0.2, -0.15) is 0 Å². The number of carboxylic acid groups (broad SMARTS) is 1. The van der Waals surface area contributed by atoms with Gasteiger partial charge in [0.2, 0.25) is 0 Å². The van der Waals surface area contributed by atoms with Gasteiger partial charge in [0.1, 0.15) is 0 Å². The normalized spacial score (nSPS) is 17.0. The Balaban J connectivity index is 2.68. The van der Waals surface area contributed by atoms with Gasteiger partial charge in [-0.05, 0) is 43.4 Å². The summed E-state index contributed by atoms with van der Waals surface area (Å²) in [7, 11) is 3.20. The lowest BCUT2D eigenvalue weighted by Crippen LogP contribution is -2.33. The molecule has 0 heterocycles. The van der Waals surface area contributed by atoms with Crippen LogP contribution in [0.15, 0.2) is 6.07 Å². The molecule has 4 nitrogen and oxygen atoms in total. The largest absolute Gasteiger partial charge is 0.493 e. The summed E-state index contributed by atoms with van der Waals surface area (Å²) in [5, 5.41) is 9.75. The van der Waals surface area contributed by atoms with E-state index in [0.29, 0.717) is 24.3 Å². The highest BCUT2D eigenvalue weighted by Gasteiger charge is 2.44. The van der Waals surface area contributed by atoms with Crippen LogP contribution in [0.5, 0.6) is 11.5 Å². The molecule has 1 aliphatic rings. The lowest BCUT2D eigenvalue weighted by Gasteiger charge is -2.28. The molecule has 110 valence electrons. The fourth-order valence-electron chi connectivity index (χ4n) is 3.44. The first kappa shape index (κ1) is 14.7. The van der Waals surface area contributed by atoms with Crippen LogP contribution >= 0.6 is 0 Å². The second-order valence-corrected chi connectivity index (χ2v) is 5.53. The van der Waals surface area contributed by atoms with Crippen molar-refractivity contribution in [1.29, 1.82) is 0 Å². The average molecular weight is 278 g/mol. The van der Waals surface area contributed by atoms with Gasteiger partial charge in [-0.3, -0.25) is 4.79 Å². The molecule has 1 saturated carbocycles. The molecule has 20 heavy (non-hydrogen) atoms. The monoisotopic (exact) mass is 278 g/mol. The molecule has 0 amide bonds. The minimum absolute atomic E-state index is 0.648. The molecule has 0 aliphatic heterocycles. The molecule has 1 aromatic carbocycles. The second-order valence-electron chi connectivity index (χ2n) is 5.53. The molecule has 2 rings (SSSR count). The van der Waals surface area contributed by atoms with E-state index in [4.69, 9.17) is 9.47 Å². The van der Waals surface area contributed by atoms with E-state index < -0.39 is 11.4 Å². The summed E-state index contributed by atoms with van der Waals surface area (Å²) in [5.41, 5.74) is 1.89. The summed E-state index contributed by atoms with van der Waals surface area (Å²) in [4.78, 5) is 11.9. The van der Waals surface area contributed by atoms with Gasteiger partial charge < -0.3 is 14.6 Å². The van der Waals surface area contributed by atoms with E-state index in [1.807, 2.05) is 19.9 Å². The number of methoxy groups -OCH3 is 2. The third-order valence-corrected chi connectivity index (χ3v) is 4.46. The van der Waals surface area contributed by atoms with Gasteiger partial charge in [0.15, 0.2) is 11.5 Å². The van der Waals surface area contributed by atoms with Crippen LogP contribution in [0.1, 0.15) is 42.4 Å². The first-order valence-corrected chi connectivity index (χ1v) is 6.94. The zero-order valence-corrected chi connectivity index (χ0v) is 12.6. The van der Waals surface area contributed by atoms with Gasteiger partial charge in [-0.1, -0.05) is 18.9 Å². The fraction of sp³-hybridized carbons (Fsp3) is 0.562. The number of aliphatic carboxylic acids is 1. The molecule has 0 atom stereocenters. The highest BCUT2D eigenvalue weighted by molar-refractivity contribution is 5.83. The van der Waals surface area contributed by atoms with Gasteiger partial charge in [0, 0.05) is 0 Å². The number of ether oxygens (including phenoxy) is 2. The summed E-state index contributed by atoms with van der Waals surface area (Å²) in [6.45, 7) is 3.84. The molecule has 1 N–H and O–H groups in total. The SMILES string of the molecule is COc1c(C)cc(C2(C(=O)O)CCCC2)c(C)c1OC. The summed E-state index contributed by atoms with van der Waals surface area (Å²) < 4.78 is 10.8. The highest BCUT2D eigenvalue weighted by atomic mass is 16.5. The first-order valence-electron chi connectivity index (χ1n) is 6.94. The van der Waals surface area contributed by atoms with E-state index in [-0.39, 0.29) is 0 Å². The summed E-state index contributed by atoms with van der Waals surface area (Å²) in [5.74, 6) is 0.604. The van der Waals surface area contributed by atoms with Crippen molar-refractivity contribution >= 4 is 5.97 Å². The molecule has 0 radical (unpaired) electrons. The summed E-state index contributed by atoms with van der Waals surface area (Å²) in [6, 6.07) is 1.95. The Morgan fingerprint density at radius 2 is 1.70 bits per heavy atom. The number of aryl methyl sites for hydroxylation is 1. The lowest BCUT2D eigenvalue weighted by molar-refractivity contribution is -0.143. The summed E-state index contributed by atoms with van der Waals surface area (Å²) >= 11 is 0. The van der Waals surface area contributed by atoms with E-state index in [1.165, 1.54) is 0 Å². The molecule has 1 fully saturated rings. The van der Waals surface area contributed by atoms with E-state index >= 15 is 0 Å². The second kappa shape index (κ2) is 5.35. The van der Waals surface area contributed by atoms with Crippen LogP contribution in [0.4, 0.5) is 0 Å². The molecular formula is C16H22O4. The van der Waals surface area contributed by atoms with Crippen molar-refractivity contribution in [3.8, 4) is 11.5 Å². The zero-order chi connectivity index (χ0) is 14.9. The molecule has 1 aromatic rings. The molecule has 0 saturated heterocycles. The van der Waals surface area contributed by atoms with E-state index in [2.05, 4.69) is 0 Å². The zero-order valence-electron chi connectivity index (χ0n) is 12.6. The molecule has 0 bridgehead atoms. The van der Waals surface area contributed by atoms with Crippen molar-refractivity contribution in [3.63, 3.8) is 0 Å². The number of rotatable bonds is 4. The average Bonchev–Trinajstić information content (AvgIpc) is 2.91. The van der Waals surface area contributed by atoms with E-state index in [1.54, 1.807) is 14.2 Å². The van der Waals surface area contributed by atoms with Crippen molar-refractivity contribution < 1.29 is 19.4 Å². The number of hydrogen-bond donors (Lipinski definition) is 1. The minimum Gasteiger partial charge on any atom is -0.493 e. The van der Waals surface area contributed by atoms with Gasteiger partial charge >= 0.3 is 5.97 Å². The van der Waals surface area contributed by atoms with Crippen LogP contribution < -0.4 is 9.47 Å². The van der Waals surface area contributed by atoms with Crippen LogP contribution in [-0.4, -0.2) is 25.3 Å². The highest BCUT2D eigenvalue weighted by Crippen LogP contribution is 2.47. The molecule has 0 unspecified atom stereocenters. The first-order chi connectivity index (χ1) is 9.47. The van der Waals surface area contributed by atoms with Gasteiger partial charge in [0.05, 0.1) is 19.6 Å². The van der Waals surface area contributed by atoms with Crippen molar-refractivity contribution in [2.45, 2.75) is 44.9 Å². The van der Waals surface area contributed by atoms with Gasteiger partial charge in [-0.25, -0.2) is 0 Å². The Bertz CT molecular complexity index is 528. The maximum atomic E-state index is 11.9. The third-order valence-electron chi connectivity index (χ3n) is 4.46.